The lowest BCUT2D eigenvalue weighted by Crippen LogP contribution is -2.28. The molecule has 1 heterocycles. The molecule has 0 aliphatic carbocycles. The van der Waals surface area contributed by atoms with E-state index in [1.807, 2.05) is 6.07 Å². The van der Waals surface area contributed by atoms with E-state index in [-0.39, 0.29) is 0 Å². The minimum Gasteiger partial charge on any atom is -0.384 e. The summed E-state index contributed by atoms with van der Waals surface area (Å²) in [5, 5.41) is 0. The van der Waals surface area contributed by atoms with E-state index in [2.05, 4.69) is 35.6 Å². The van der Waals surface area contributed by atoms with Crippen LogP contribution >= 0.6 is 0 Å². The molecule has 0 aliphatic rings. The van der Waals surface area contributed by atoms with E-state index >= 15 is 0 Å². The van der Waals surface area contributed by atoms with Crippen molar-refractivity contribution in [1.29, 1.82) is 0 Å². The second-order valence-corrected chi connectivity index (χ2v) is 3.73. The SMILES string of the molecule is CCN(CC(C)C)c1cc(N)ncn1. The van der Waals surface area contributed by atoms with Gasteiger partial charge in [0.15, 0.2) is 0 Å². The highest BCUT2D eigenvalue weighted by molar-refractivity contribution is 5.45. The zero-order chi connectivity index (χ0) is 10.6. The summed E-state index contributed by atoms with van der Waals surface area (Å²) in [6.45, 7) is 8.42. The van der Waals surface area contributed by atoms with E-state index in [1.54, 1.807) is 0 Å². The highest BCUT2D eigenvalue weighted by Gasteiger charge is 2.07. The Kier molecular flexibility index (Phi) is 3.68. The molecule has 0 radical (unpaired) electrons. The number of rotatable bonds is 4. The van der Waals surface area contributed by atoms with Gasteiger partial charge in [0.05, 0.1) is 0 Å². The van der Waals surface area contributed by atoms with Crippen molar-refractivity contribution in [2.75, 3.05) is 23.7 Å². The van der Waals surface area contributed by atoms with Gasteiger partial charge in [0.1, 0.15) is 18.0 Å². The standard InChI is InChI=1S/C10H18N4/c1-4-14(6-8(2)3)10-5-9(11)12-7-13-10/h5,7-8H,4,6H2,1-3H3,(H2,11,12,13). The van der Waals surface area contributed by atoms with Crippen LogP contribution in [0.4, 0.5) is 11.6 Å². The number of anilines is 2. The highest BCUT2D eigenvalue weighted by atomic mass is 15.2. The van der Waals surface area contributed by atoms with E-state index in [9.17, 15) is 0 Å². The first-order chi connectivity index (χ1) is 6.63. The second kappa shape index (κ2) is 4.79. The van der Waals surface area contributed by atoms with Gasteiger partial charge in [0.2, 0.25) is 0 Å². The normalized spacial score (nSPS) is 10.6. The zero-order valence-electron chi connectivity index (χ0n) is 9.07. The topological polar surface area (TPSA) is 55.0 Å². The minimum atomic E-state index is 0.525. The fourth-order valence-electron chi connectivity index (χ4n) is 1.36. The molecular weight excluding hydrogens is 176 g/mol. The molecule has 2 N–H and O–H groups in total. The summed E-state index contributed by atoms with van der Waals surface area (Å²) in [6, 6.07) is 1.81. The van der Waals surface area contributed by atoms with Crippen molar-refractivity contribution >= 4 is 11.6 Å². The maximum Gasteiger partial charge on any atom is 0.134 e. The van der Waals surface area contributed by atoms with E-state index < -0.39 is 0 Å². The maximum absolute atomic E-state index is 5.60. The summed E-state index contributed by atoms with van der Waals surface area (Å²) in [5.41, 5.74) is 5.60. The molecule has 14 heavy (non-hydrogen) atoms. The van der Waals surface area contributed by atoms with Crippen molar-refractivity contribution in [2.24, 2.45) is 5.92 Å². The summed E-state index contributed by atoms with van der Waals surface area (Å²) >= 11 is 0. The summed E-state index contributed by atoms with van der Waals surface area (Å²) in [5.74, 6) is 2.05. The Balaban J connectivity index is 2.78. The van der Waals surface area contributed by atoms with Crippen LogP contribution in [0.25, 0.3) is 0 Å². The molecule has 1 rings (SSSR count). The Morgan fingerprint density at radius 2 is 2.14 bits per heavy atom. The Morgan fingerprint density at radius 1 is 1.43 bits per heavy atom. The number of aromatic nitrogens is 2. The van der Waals surface area contributed by atoms with Gasteiger partial charge in [-0.1, -0.05) is 13.8 Å². The summed E-state index contributed by atoms with van der Waals surface area (Å²) < 4.78 is 0. The van der Waals surface area contributed by atoms with E-state index in [0.29, 0.717) is 11.7 Å². The third-order valence-corrected chi connectivity index (χ3v) is 1.97. The summed E-state index contributed by atoms with van der Waals surface area (Å²) in [4.78, 5) is 10.3. The molecule has 78 valence electrons. The van der Waals surface area contributed by atoms with Gasteiger partial charge >= 0.3 is 0 Å². The number of hydrogen-bond acceptors (Lipinski definition) is 4. The Hall–Kier alpha value is -1.32. The third-order valence-electron chi connectivity index (χ3n) is 1.97. The lowest BCUT2D eigenvalue weighted by atomic mass is 10.2. The first kappa shape index (κ1) is 10.8. The van der Waals surface area contributed by atoms with Gasteiger partial charge in [-0.2, -0.15) is 0 Å². The maximum atomic E-state index is 5.60. The van der Waals surface area contributed by atoms with Crippen LogP contribution in [0.15, 0.2) is 12.4 Å². The molecule has 0 saturated heterocycles. The smallest absolute Gasteiger partial charge is 0.134 e. The molecule has 0 atom stereocenters. The number of hydrogen-bond donors (Lipinski definition) is 1. The predicted molar refractivity (Wildman–Crippen MR) is 59.2 cm³/mol. The highest BCUT2D eigenvalue weighted by Crippen LogP contribution is 2.13. The van der Waals surface area contributed by atoms with Crippen LogP contribution in [-0.2, 0) is 0 Å². The van der Waals surface area contributed by atoms with Gasteiger partial charge in [-0.05, 0) is 12.8 Å². The molecule has 4 heteroatoms. The fraction of sp³-hybridized carbons (Fsp3) is 0.600. The number of nitrogens with zero attached hydrogens (tertiary/aromatic N) is 3. The molecule has 1 aromatic rings. The first-order valence-electron chi connectivity index (χ1n) is 4.96. The van der Waals surface area contributed by atoms with Crippen LogP contribution in [-0.4, -0.2) is 23.1 Å². The van der Waals surface area contributed by atoms with Gasteiger partial charge < -0.3 is 10.6 Å². The molecule has 0 aromatic carbocycles. The van der Waals surface area contributed by atoms with Gasteiger partial charge in [0.25, 0.3) is 0 Å². The Labute approximate surface area is 85.2 Å². The van der Waals surface area contributed by atoms with Crippen LogP contribution in [0, 0.1) is 5.92 Å². The molecule has 1 aromatic heterocycles. The minimum absolute atomic E-state index is 0.525. The summed E-state index contributed by atoms with van der Waals surface area (Å²) in [6.07, 6.45) is 1.51. The molecule has 4 nitrogen and oxygen atoms in total. The fourth-order valence-corrected chi connectivity index (χ4v) is 1.36. The third kappa shape index (κ3) is 2.87. The van der Waals surface area contributed by atoms with Crippen LogP contribution in [0.3, 0.4) is 0 Å². The zero-order valence-corrected chi connectivity index (χ0v) is 9.07. The van der Waals surface area contributed by atoms with E-state index in [1.165, 1.54) is 6.33 Å². The molecular formula is C10H18N4. The van der Waals surface area contributed by atoms with Crippen molar-refractivity contribution < 1.29 is 0 Å². The molecule has 0 fully saturated rings. The van der Waals surface area contributed by atoms with Crippen molar-refractivity contribution in [1.82, 2.24) is 9.97 Å². The van der Waals surface area contributed by atoms with Gasteiger partial charge in [-0.15, -0.1) is 0 Å². The van der Waals surface area contributed by atoms with E-state index in [0.717, 1.165) is 18.9 Å². The predicted octanol–water partition coefficient (Wildman–Crippen LogP) is 1.54. The molecule has 0 aliphatic heterocycles. The molecule has 0 amide bonds. The number of nitrogens with two attached hydrogens (primary N) is 1. The van der Waals surface area contributed by atoms with Crippen molar-refractivity contribution in [2.45, 2.75) is 20.8 Å². The van der Waals surface area contributed by atoms with Gasteiger partial charge in [-0.3, -0.25) is 0 Å². The summed E-state index contributed by atoms with van der Waals surface area (Å²) in [7, 11) is 0. The lowest BCUT2D eigenvalue weighted by Gasteiger charge is -2.23. The lowest BCUT2D eigenvalue weighted by molar-refractivity contribution is 0.614. The molecule has 0 spiro atoms. The second-order valence-electron chi connectivity index (χ2n) is 3.73. The van der Waals surface area contributed by atoms with Gasteiger partial charge in [-0.25, -0.2) is 9.97 Å². The number of nitrogen functional groups attached to an aromatic ring is 1. The van der Waals surface area contributed by atoms with Crippen LogP contribution < -0.4 is 10.6 Å². The largest absolute Gasteiger partial charge is 0.384 e. The Morgan fingerprint density at radius 3 is 2.64 bits per heavy atom. The van der Waals surface area contributed by atoms with Crippen LogP contribution in [0.1, 0.15) is 20.8 Å². The first-order valence-corrected chi connectivity index (χ1v) is 4.96. The van der Waals surface area contributed by atoms with E-state index in [4.69, 9.17) is 5.73 Å². The van der Waals surface area contributed by atoms with Crippen molar-refractivity contribution in [3.63, 3.8) is 0 Å². The monoisotopic (exact) mass is 194 g/mol. The van der Waals surface area contributed by atoms with Crippen molar-refractivity contribution in [3.05, 3.63) is 12.4 Å². The molecule has 0 bridgehead atoms. The Bertz CT molecular complexity index is 285. The molecule has 0 saturated carbocycles. The average molecular weight is 194 g/mol. The van der Waals surface area contributed by atoms with Crippen molar-refractivity contribution in [3.8, 4) is 0 Å². The van der Waals surface area contributed by atoms with Crippen LogP contribution in [0.2, 0.25) is 0 Å². The quantitative estimate of drug-likeness (QED) is 0.790. The molecule has 0 unspecified atom stereocenters. The van der Waals surface area contributed by atoms with Crippen LogP contribution in [0.5, 0.6) is 0 Å². The van der Waals surface area contributed by atoms with Gasteiger partial charge in [0, 0.05) is 19.2 Å². The average Bonchev–Trinajstić information content (AvgIpc) is 2.14.